The second-order valence-corrected chi connectivity index (χ2v) is 4.28. The molecule has 0 bridgehead atoms. The van der Waals surface area contributed by atoms with Crippen LogP contribution in [0.4, 0.5) is 13.2 Å². The van der Waals surface area contributed by atoms with Crippen LogP contribution in [0.2, 0.25) is 0 Å². The van der Waals surface area contributed by atoms with E-state index in [0.717, 1.165) is 12.0 Å². The van der Waals surface area contributed by atoms with E-state index >= 15 is 0 Å². The SMILES string of the molecule is CCc1cccc(C(C)(CC(F)(F)F)OC)c1. The maximum Gasteiger partial charge on any atom is 0.392 e. The first-order valence-electron chi connectivity index (χ1n) is 5.52. The third-order valence-corrected chi connectivity index (χ3v) is 2.93. The number of benzene rings is 1. The number of alkyl halides is 3. The van der Waals surface area contributed by atoms with Crippen molar-refractivity contribution >= 4 is 0 Å². The van der Waals surface area contributed by atoms with Gasteiger partial charge in [0.15, 0.2) is 0 Å². The van der Waals surface area contributed by atoms with E-state index in [-0.39, 0.29) is 0 Å². The summed E-state index contributed by atoms with van der Waals surface area (Å²) in [5, 5.41) is 0. The molecule has 1 unspecified atom stereocenters. The molecular formula is C13H17F3O. The molecule has 0 saturated heterocycles. The van der Waals surface area contributed by atoms with Crippen molar-refractivity contribution in [3.63, 3.8) is 0 Å². The predicted molar refractivity (Wildman–Crippen MR) is 60.9 cm³/mol. The lowest BCUT2D eigenvalue weighted by atomic mass is 9.90. The van der Waals surface area contributed by atoms with Crippen molar-refractivity contribution in [2.75, 3.05) is 7.11 Å². The highest BCUT2D eigenvalue weighted by Gasteiger charge is 2.40. The summed E-state index contributed by atoms with van der Waals surface area (Å²) in [5.74, 6) is 0. The van der Waals surface area contributed by atoms with Crippen LogP contribution in [0.25, 0.3) is 0 Å². The molecule has 1 atom stereocenters. The number of hydrogen-bond acceptors (Lipinski definition) is 1. The van der Waals surface area contributed by atoms with Crippen LogP contribution in [-0.4, -0.2) is 13.3 Å². The normalized spacial score (nSPS) is 15.6. The van der Waals surface area contributed by atoms with E-state index in [1.165, 1.54) is 14.0 Å². The van der Waals surface area contributed by atoms with Gasteiger partial charge in [-0.25, -0.2) is 0 Å². The van der Waals surface area contributed by atoms with Gasteiger partial charge in [0.25, 0.3) is 0 Å². The second-order valence-electron chi connectivity index (χ2n) is 4.28. The predicted octanol–water partition coefficient (Wildman–Crippen LogP) is 4.06. The van der Waals surface area contributed by atoms with Crippen molar-refractivity contribution in [3.8, 4) is 0 Å². The molecule has 1 rings (SSSR count). The minimum atomic E-state index is -4.24. The molecular weight excluding hydrogens is 229 g/mol. The van der Waals surface area contributed by atoms with Crippen LogP contribution >= 0.6 is 0 Å². The Bertz CT molecular complexity index is 373. The standard InChI is InChI=1S/C13H17F3O/c1-4-10-6-5-7-11(8-10)12(2,17-3)9-13(14,15)16/h5-8H,4,9H2,1-3H3. The van der Waals surface area contributed by atoms with Gasteiger partial charge in [-0.15, -0.1) is 0 Å². The fourth-order valence-corrected chi connectivity index (χ4v) is 1.79. The molecule has 0 radical (unpaired) electrons. The number of aryl methyl sites for hydroxylation is 1. The topological polar surface area (TPSA) is 9.23 Å². The minimum absolute atomic E-state index is 0.566. The number of rotatable bonds is 4. The monoisotopic (exact) mass is 246 g/mol. The molecule has 0 aliphatic carbocycles. The largest absolute Gasteiger partial charge is 0.392 e. The lowest BCUT2D eigenvalue weighted by Crippen LogP contribution is -2.31. The summed E-state index contributed by atoms with van der Waals surface area (Å²) in [6, 6.07) is 7.11. The highest BCUT2D eigenvalue weighted by atomic mass is 19.4. The first kappa shape index (κ1) is 14.0. The number of hydrogen-bond donors (Lipinski definition) is 0. The third-order valence-electron chi connectivity index (χ3n) is 2.93. The van der Waals surface area contributed by atoms with Crippen molar-refractivity contribution in [1.29, 1.82) is 0 Å². The highest BCUT2D eigenvalue weighted by Crippen LogP contribution is 2.37. The van der Waals surface area contributed by atoms with Crippen LogP contribution in [0.5, 0.6) is 0 Å². The van der Waals surface area contributed by atoms with E-state index in [0.29, 0.717) is 5.56 Å². The van der Waals surface area contributed by atoms with Gasteiger partial charge in [0.05, 0.1) is 12.0 Å². The smallest absolute Gasteiger partial charge is 0.373 e. The summed E-state index contributed by atoms with van der Waals surface area (Å²) in [7, 11) is 1.31. The van der Waals surface area contributed by atoms with Crippen LogP contribution in [-0.2, 0) is 16.8 Å². The lowest BCUT2D eigenvalue weighted by Gasteiger charge is -2.30. The Labute approximate surface area is 99.6 Å². The first-order chi connectivity index (χ1) is 7.80. The maximum absolute atomic E-state index is 12.5. The molecule has 0 spiro atoms. The highest BCUT2D eigenvalue weighted by molar-refractivity contribution is 5.28. The average Bonchev–Trinajstić information content (AvgIpc) is 2.27. The van der Waals surface area contributed by atoms with Gasteiger partial charge in [-0.2, -0.15) is 13.2 Å². The van der Waals surface area contributed by atoms with E-state index in [1.54, 1.807) is 18.2 Å². The fraction of sp³-hybridized carbons (Fsp3) is 0.538. The summed E-state index contributed by atoms with van der Waals surface area (Å²) in [4.78, 5) is 0. The van der Waals surface area contributed by atoms with Crippen LogP contribution in [0, 0.1) is 0 Å². The number of methoxy groups -OCH3 is 1. The summed E-state index contributed by atoms with van der Waals surface area (Å²) < 4.78 is 42.7. The van der Waals surface area contributed by atoms with Crippen LogP contribution < -0.4 is 0 Å². The van der Waals surface area contributed by atoms with Crippen molar-refractivity contribution in [2.24, 2.45) is 0 Å². The van der Waals surface area contributed by atoms with Gasteiger partial charge in [-0.3, -0.25) is 0 Å². The zero-order valence-corrected chi connectivity index (χ0v) is 10.3. The number of ether oxygens (including phenoxy) is 1. The van der Waals surface area contributed by atoms with Crippen LogP contribution in [0.3, 0.4) is 0 Å². The number of halogens is 3. The Balaban J connectivity index is 3.06. The molecule has 0 aromatic heterocycles. The Morgan fingerprint density at radius 2 is 1.88 bits per heavy atom. The molecule has 0 amide bonds. The van der Waals surface area contributed by atoms with E-state index in [9.17, 15) is 13.2 Å². The van der Waals surface area contributed by atoms with Crippen molar-refractivity contribution < 1.29 is 17.9 Å². The van der Waals surface area contributed by atoms with Crippen LogP contribution in [0.15, 0.2) is 24.3 Å². The van der Waals surface area contributed by atoms with Gasteiger partial charge in [0, 0.05) is 7.11 Å². The molecule has 4 heteroatoms. The van der Waals surface area contributed by atoms with E-state index < -0.39 is 18.2 Å². The Morgan fingerprint density at radius 1 is 1.24 bits per heavy atom. The molecule has 0 fully saturated rings. The van der Waals surface area contributed by atoms with Gasteiger partial charge in [-0.1, -0.05) is 31.2 Å². The molecule has 1 aromatic rings. The third kappa shape index (κ3) is 3.73. The van der Waals surface area contributed by atoms with Gasteiger partial charge in [0.1, 0.15) is 0 Å². The molecule has 0 N–H and O–H groups in total. The fourth-order valence-electron chi connectivity index (χ4n) is 1.79. The summed E-state index contributed by atoms with van der Waals surface area (Å²) in [6.07, 6.45) is -4.43. The second kappa shape index (κ2) is 5.08. The van der Waals surface area contributed by atoms with Crippen molar-refractivity contribution in [1.82, 2.24) is 0 Å². The van der Waals surface area contributed by atoms with Gasteiger partial charge in [-0.05, 0) is 24.5 Å². The van der Waals surface area contributed by atoms with E-state index in [4.69, 9.17) is 4.74 Å². The summed E-state index contributed by atoms with van der Waals surface area (Å²) in [6.45, 7) is 3.43. The summed E-state index contributed by atoms with van der Waals surface area (Å²) in [5.41, 5.74) is 0.258. The Kier molecular flexibility index (Phi) is 4.20. The Hall–Kier alpha value is -1.03. The lowest BCUT2D eigenvalue weighted by molar-refractivity contribution is -0.181. The van der Waals surface area contributed by atoms with Gasteiger partial charge < -0.3 is 4.74 Å². The van der Waals surface area contributed by atoms with Gasteiger partial charge in [0.2, 0.25) is 0 Å². The summed E-state index contributed by atoms with van der Waals surface area (Å²) >= 11 is 0. The minimum Gasteiger partial charge on any atom is -0.373 e. The molecule has 0 aliphatic rings. The van der Waals surface area contributed by atoms with E-state index in [1.807, 2.05) is 13.0 Å². The molecule has 0 aliphatic heterocycles. The first-order valence-corrected chi connectivity index (χ1v) is 5.52. The molecule has 96 valence electrons. The quantitative estimate of drug-likeness (QED) is 0.778. The molecule has 1 aromatic carbocycles. The molecule has 17 heavy (non-hydrogen) atoms. The molecule has 1 nitrogen and oxygen atoms in total. The van der Waals surface area contributed by atoms with Crippen LogP contribution in [0.1, 0.15) is 31.4 Å². The van der Waals surface area contributed by atoms with Crippen molar-refractivity contribution in [2.45, 2.75) is 38.5 Å². The Morgan fingerprint density at radius 3 is 2.35 bits per heavy atom. The maximum atomic E-state index is 12.5. The van der Waals surface area contributed by atoms with Gasteiger partial charge >= 0.3 is 6.18 Å². The zero-order chi connectivity index (χ0) is 13.1. The zero-order valence-electron chi connectivity index (χ0n) is 10.3. The molecule has 0 saturated carbocycles. The van der Waals surface area contributed by atoms with E-state index in [2.05, 4.69) is 0 Å². The van der Waals surface area contributed by atoms with Crippen molar-refractivity contribution in [3.05, 3.63) is 35.4 Å². The molecule has 0 heterocycles. The average molecular weight is 246 g/mol.